The van der Waals surface area contributed by atoms with E-state index in [0.29, 0.717) is 23.0 Å². The summed E-state index contributed by atoms with van der Waals surface area (Å²) in [6.07, 6.45) is -2.33. The molecule has 3 N–H and O–H groups in total. The van der Waals surface area contributed by atoms with Crippen LogP contribution < -0.4 is 10.5 Å². The van der Waals surface area contributed by atoms with Gasteiger partial charge in [0.15, 0.2) is 0 Å². The van der Waals surface area contributed by atoms with Crippen LogP contribution in [0.2, 0.25) is 0 Å². The Morgan fingerprint density at radius 2 is 1.92 bits per heavy atom. The van der Waals surface area contributed by atoms with E-state index in [1.807, 2.05) is 0 Å². The van der Waals surface area contributed by atoms with Crippen LogP contribution in [0.3, 0.4) is 0 Å². The van der Waals surface area contributed by atoms with Crippen LogP contribution in [0, 0.1) is 6.92 Å². The lowest BCUT2D eigenvalue weighted by molar-refractivity contribution is -0.137. The maximum Gasteiger partial charge on any atom is 0.417 e. The monoisotopic (exact) mass is 357 g/mol. The lowest BCUT2D eigenvalue weighted by Crippen LogP contribution is -2.14. The van der Waals surface area contributed by atoms with Crippen molar-refractivity contribution >= 4 is 27.6 Å². The van der Waals surface area contributed by atoms with Crippen molar-refractivity contribution in [2.75, 3.05) is 5.32 Å². The SMILES string of the molecule is C=Cc1c(Nc2ccc(C(F)(F)F)cn2)ccc(S(N)(=O)=O)c1C. The Labute approximate surface area is 137 Å². The number of sulfonamides is 1. The minimum atomic E-state index is -4.47. The van der Waals surface area contributed by atoms with Crippen LogP contribution in [0.15, 0.2) is 41.9 Å². The van der Waals surface area contributed by atoms with Crippen LogP contribution in [0.5, 0.6) is 0 Å². The second kappa shape index (κ2) is 6.25. The normalized spacial score (nSPS) is 12.0. The molecule has 0 unspecified atom stereocenters. The Kier molecular flexibility index (Phi) is 4.68. The molecule has 0 aliphatic rings. The standard InChI is InChI=1S/C15H14F3N3O2S/c1-3-11-9(2)13(24(19,22)23)6-5-12(11)21-14-7-4-10(8-20-14)15(16,17)18/h3-8H,1H2,2H3,(H,20,21)(H2,19,22,23). The van der Waals surface area contributed by atoms with Crippen molar-refractivity contribution in [2.45, 2.75) is 18.0 Å². The van der Waals surface area contributed by atoms with Crippen molar-refractivity contribution in [1.82, 2.24) is 4.98 Å². The first kappa shape index (κ1) is 18.0. The largest absolute Gasteiger partial charge is 0.417 e. The number of anilines is 2. The number of alkyl halides is 3. The molecule has 128 valence electrons. The number of nitrogens with one attached hydrogen (secondary N) is 1. The lowest BCUT2D eigenvalue weighted by atomic mass is 10.1. The summed E-state index contributed by atoms with van der Waals surface area (Å²) in [5, 5.41) is 7.98. The number of hydrogen-bond donors (Lipinski definition) is 2. The molecule has 0 bridgehead atoms. The third-order valence-corrected chi connectivity index (χ3v) is 4.38. The van der Waals surface area contributed by atoms with Gasteiger partial charge in [-0.2, -0.15) is 13.2 Å². The number of hydrogen-bond acceptors (Lipinski definition) is 4. The second-order valence-corrected chi connectivity index (χ2v) is 6.48. The van der Waals surface area contributed by atoms with Crippen molar-refractivity contribution in [3.05, 3.63) is 53.7 Å². The van der Waals surface area contributed by atoms with E-state index in [1.165, 1.54) is 24.3 Å². The molecule has 0 saturated heterocycles. The molecule has 2 aromatic rings. The van der Waals surface area contributed by atoms with E-state index in [0.717, 1.165) is 6.07 Å². The number of primary sulfonamides is 1. The molecule has 1 heterocycles. The van der Waals surface area contributed by atoms with Crippen molar-refractivity contribution in [2.24, 2.45) is 5.14 Å². The van der Waals surface area contributed by atoms with Crippen LogP contribution in [0.1, 0.15) is 16.7 Å². The molecule has 0 amide bonds. The summed E-state index contributed by atoms with van der Waals surface area (Å²) in [6.45, 7) is 5.18. The molecule has 0 radical (unpaired) electrons. The van der Waals surface area contributed by atoms with Gasteiger partial charge in [-0.15, -0.1) is 0 Å². The minimum Gasteiger partial charge on any atom is -0.340 e. The highest BCUT2D eigenvalue weighted by molar-refractivity contribution is 7.89. The predicted molar refractivity (Wildman–Crippen MR) is 85.2 cm³/mol. The van der Waals surface area contributed by atoms with Gasteiger partial charge in [0.2, 0.25) is 10.0 Å². The first-order valence-corrected chi connectivity index (χ1v) is 8.18. The molecule has 0 saturated carbocycles. The molecular weight excluding hydrogens is 343 g/mol. The summed E-state index contributed by atoms with van der Waals surface area (Å²) in [5.74, 6) is 0.175. The Hall–Kier alpha value is -2.39. The van der Waals surface area contributed by atoms with E-state index >= 15 is 0 Å². The van der Waals surface area contributed by atoms with E-state index in [-0.39, 0.29) is 10.7 Å². The highest BCUT2D eigenvalue weighted by atomic mass is 32.2. The minimum absolute atomic E-state index is 0.0525. The second-order valence-electron chi connectivity index (χ2n) is 4.95. The highest BCUT2D eigenvalue weighted by Crippen LogP contribution is 2.31. The third kappa shape index (κ3) is 3.74. The summed E-state index contributed by atoms with van der Waals surface area (Å²) in [6, 6.07) is 4.83. The number of nitrogens with two attached hydrogens (primary N) is 1. The van der Waals surface area contributed by atoms with Crippen molar-refractivity contribution in [3.63, 3.8) is 0 Å². The zero-order valence-electron chi connectivity index (χ0n) is 12.6. The van der Waals surface area contributed by atoms with Gasteiger partial charge in [-0.05, 0) is 36.8 Å². The number of pyridine rings is 1. The number of benzene rings is 1. The molecular formula is C15H14F3N3O2S. The maximum absolute atomic E-state index is 12.5. The molecule has 9 heteroatoms. The van der Waals surface area contributed by atoms with Gasteiger partial charge in [0.25, 0.3) is 0 Å². The van der Waals surface area contributed by atoms with Gasteiger partial charge in [-0.25, -0.2) is 18.5 Å². The summed E-state index contributed by atoms with van der Waals surface area (Å²) >= 11 is 0. The van der Waals surface area contributed by atoms with E-state index in [4.69, 9.17) is 5.14 Å². The first-order chi connectivity index (χ1) is 11.0. The molecule has 1 aromatic heterocycles. The van der Waals surface area contributed by atoms with Crippen molar-refractivity contribution < 1.29 is 21.6 Å². The predicted octanol–water partition coefficient (Wildman–Crippen LogP) is 3.44. The number of nitrogens with zero attached hydrogens (tertiary/aromatic N) is 1. The van der Waals surface area contributed by atoms with Crippen LogP contribution in [-0.2, 0) is 16.2 Å². The molecule has 5 nitrogen and oxygen atoms in total. The maximum atomic E-state index is 12.5. The molecule has 0 spiro atoms. The molecule has 0 aliphatic heterocycles. The van der Waals surface area contributed by atoms with E-state index in [1.54, 1.807) is 6.92 Å². The van der Waals surface area contributed by atoms with Crippen LogP contribution in [0.25, 0.3) is 6.08 Å². The van der Waals surface area contributed by atoms with Crippen LogP contribution in [0.4, 0.5) is 24.7 Å². The van der Waals surface area contributed by atoms with Gasteiger partial charge in [0.1, 0.15) is 5.82 Å². The smallest absolute Gasteiger partial charge is 0.340 e. The zero-order valence-corrected chi connectivity index (χ0v) is 13.4. The summed E-state index contributed by atoms with van der Waals surface area (Å²) in [5.41, 5.74) is 0.424. The summed E-state index contributed by atoms with van der Waals surface area (Å²) < 4.78 is 60.6. The quantitative estimate of drug-likeness (QED) is 0.878. The Bertz CT molecular complexity index is 876. The Morgan fingerprint density at radius 1 is 1.25 bits per heavy atom. The summed E-state index contributed by atoms with van der Waals surface area (Å²) in [7, 11) is -3.89. The third-order valence-electron chi connectivity index (χ3n) is 3.33. The Morgan fingerprint density at radius 3 is 2.38 bits per heavy atom. The average molecular weight is 357 g/mol. The highest BCUT2D eigenvalue weighted by Gasteiger charge is 2.30. The number of aromatic nitrogens is 1. The Balaban J connectivity index is 2.40. The number of rotatable bonds is 4. The van der Waals surface area contributed by atoms with Gasteiger partial charge < -0.3 is 5.32 Å². The lowest BCUT2D eigenvalue weighted by Gasteiger charge is -2.14. The van der Waals surface area contributed by atoms with Crippen LogP contribution >= 0.6 is 0 Å². The summed E-state index contributed by atoms with van der Waals surface area (Å²) in [4.78, 5) is 3.66. The van der Waals surface area contributed by atoms with Crippen molar-refractivity contribution in [1.29, 1.82) is 0 Å². The van der Waals surface area contributed by atoms with E-state index in [9.17, 15) is 21.6 Å². The molecule has 1 aromatic carbocycles. The molecule has 0 atom stereocenters. The number of halogens is 3. The molecule has 0 fully saturated rings. The van der Waals surface area contributed by atoms with Gasteiger partial charge >= 0.3 is 6.18 Å². The average Bonchev–Trinajstić information content (AvgIpc) is 2.46. The first-order valence-electron chi connectivity index (χ1n) is 6.63. The molecule has 24 heavy (non-hydrogen) atoms. The van der Waals surface area contributed by atoms with Gasteiger partial charge in [-0.1, -0.05) is 12.7 Å². The van der Waals surface area contributed by atoms with Gasteiger partial charge in [0.05, 0.1) is 10.5 Å². The van der Waals surface area contributed by atoms with Crippen molar-refractivity contribution in [3.8, 4) is 0 Å². The molecule has 2 rings (SSSR count). The van der Waals surface area contributed by atoms with E-state index in [2.05, 4.69) is 16.9 Å². The fourth-order valence-electron chi connectivity index (χ4n) is 2.16. The topological polar surface area (TPSA) is 85.1 Å². The van der Waals surface area contributed by atoms with Gasteiger partial charge in [-0.3, -0.25) is 0 Å². The fraction of sp³-hybridized carbons (Fsp3) is 0.133. The van der Waals surface area contributed by atoms with E-state index < -0.39 is 21.8 Å². The fourth-order valence-corrected chi connectivity index (χ4v) is 2.96. The van der Waals surface area contributed by atoms with Gasteiger partial charge in [0, 0.05) is 17.4 Å². The van der Waals surface area contributed by atoms with Crippen LogP contribution in [-0.4, -0.2) is 13.4 Å². The molecule has 0 aliphatic carbocycles. The zero-order chi connectivity index (χ0) is 18.1.